The predicted molar refractivity (Wildman–Crippen MR) is 66.7 cm³/mol. The lowest BCUT2D eigenvalue weighted by Crippen LogP contribution is -2.35. The molecule has 20 heavy (non-hydrogen) atoms. The predicted octanol–water partition coefficient (Wildman–Crippen LogP) is -0.345. The molecule has 6 heteroatoms. The number of nitrogens with zero attached hydrogens (tertiary/aromatic N) is 1. The molecule has 1 aromatic carbocycles. The molecule has 0 aromatic heterocycles. The van der Waals surface area contributed by atoms with Gasteiger partial charge in [-0.2, -0.15) is 0 Å². The molecule has 1 unspecified atom stereocenters. The fourth-order valence-electron chi connectivity index (χ4n) is 2.46. The smallest absolute Gasteiger partial charge is 0.335 e. The van der Waals surface area contributed by atoms with E-state index >= 15 is 0 Å². The third kappa shape index (κ3) is 2.79. The van der Waals surface area contributed by atoms with Crippen LogP contribution >= 0.6 is 0 Å². The van der Waals surface area contributed by atoms with Crippen LogP contribution in [0.1, 0.15) is 27.9 Å². The Balaban J connectivity index is 2.39. The lowest BCUT2D eigenvalue weighted by atomic mass is 9.93. The molecule has 1 heterocycles. The van der Waals surface area contributed by atoms with Crippen LogP contribution in [0.3, 0.4) is 0 Å². The number of carboxylic acids is 2. The molecule has 1 aromatic rings. The number of rotatable bonds is 3. The monoisotopic (exact) mass is 276 g/mol. The zero-order valence-corrected chi connectivity index (χ0v) is 11.0. The van der Waals surface area contributed by atoms with Crippen LogP contribution in [0.15, 0.2) is 18.2 Å². The number of hydrogen-bond acceptors (Lipinski definition) is 4. The average Bonchev–Trinajstić information content (AvgIpc) is 2.47. The molecule has 0 aliphatic carbocycles. The second-order valence-electron chi connectivity index (χ2n) is 4.96. The van der Waals surface area contributed by atoms with Crippen LogP contribution in [0.4, 0.5) is 0 Å². The Morgan fingerprint density at radius 1 is 1.40 bits per heavy atom. The van der Waals surface area contributed by atoms with E-state index < -0.39 is 17.9 Å². The Morgan fingerprint density at radius 2 is 2.10 bits per heavy atom. The Morgan fingerprint density at radius 3 is 2.70 bits per heavy atom. The SMILES string of the molecule is CN1Cc2ccc(C(=O)O)cc2CC(CC(=O)[O-])C1=O. The van der Waals surface area contributed by atoms with Crippen LogP contribution in [-0.4, -0.2) is 34.9 Å². The molecule has 1 atom stereocenters. The van der Waals surface area contributed by atoms with Crippen LogP contribution in [0.5, 0.6) is 0 Å². The normalized spacial score (nSPS) is 18.4. The second-order valence-corrected chi connectivity index (χ2v) is 4.96. The molecule has 1 aliphatic heterocycles. The molecule has 0 bridgehead atoms. The summed E-state index contributed by atoms with van der Waals surface area (Å²) in [6, 6.07) is 4.66. The van der Waals surface area contributed by atoms with Gasteiger partial charge in [-0.1, -0.05) is 6.07 Å². The van der Waals surface area contributed by atoms with Gasteiger partial charge in [-0.15, -0.1) is 0 Å². The van der Waals surface area contributed by atoms with Crippen molar-refractivity contribution >= 4 is 17.8 Å². The molecule has 0 fully saturated rings. The van der Waals surface area contributed by atoms with Crippen molar-refractivity contribution in [1.82, 2.24) is 4.90 Å². The van der Waals surface area contributed by atoms with Gasteiger partial charge in [-0.05, 0) is 36.1 Å². The van der Waals surface area contributed by atoms with Gasteiger partial charge in [0.15, 0.2) is 0 Å². The van der Waals surface area contributed by atoms with E-state index in [9.17, 15) is 19.5 Å². The number of hydrogen-bond donors (Lipinski definition) is 1. The van der Waals surface area contributed by atoms with Crippen LogP contribution in [0.2, 0.25) is 0 Å². The van der Waals surface area contributed by atoms with Crippen molar-refractivity contribution in [3.63, 3.8) is 0 Å². The molecule has 0 spiro atoms. The summed E-state index contributed by atoms with van der Waals surface area (Å²) in [5.74, 6) is -3.31. The topological polar surface area (TPSA) is 97.7 Å². The Hall–Kier alpha value is -2.37. The third-order valence-corrected chi connectivity index (χ3v) is 3.47. The minimum Gasteiger partial charge on any atom is -0.550 e. The molecular weight excluding hydrogens is 262 g/mol. The van der Waals surface area contributed by atoms with E-state index in [1.54, 1.807) is 13.1 Å². The fourth-order valence-corrected chi connectivity index (χ4v) is 2.46. The number of fused-ring (bicyclic) bond motifs is 1. The molecule has 0 saturated heterocycles. The van der Waals surface area contributed by atoms with E-state index in [0.29, 0.717) is 12.1 Å². The van der Waals surface area contributed by atoms with Gasteiger partial charge in [-0.3, -0.25) is 4.79 Å². The van der Waals surface area contributed by atoms with Crippen LogP contribution in [0, 0.1) is 5.92 Å². The first-order valence-electron chi connectivity index (χ1n) is 6.18. The molecule has 1 N–H and O–H groups in total. The van der Waals surface area contributed by atoms with Gasteiger partial charge in [0.1, 0.15) is 0 Å². The second kappa shape index (κ2) is 5.32. The number of carbonyl (C=O) groups is 3. The van der Waals surface area contributed by atoms with Crippen molar-refractivity contribution < 1.29 is 24.6 Å². The van der Waals surface area contributed by atoms with E-state index in [1.807, 2.05) is 0 Å². The van der Waals surface area contributed by atoms with Crippen molar-refractivity contribution in [2.24, 2.45) is 5.92 Å². The standard InChI is InChI=1S/C14H15NO5/c1-15-7-9-3-2-8(14(19)20)4-10(9)5-11(13(15)18)6-12(16)17/h2-4,11H,5-7H2,1H3,(H,16,17)(H,19,20)/p-1. The first kappa shape index (κ1) is 14.0. The molecule has 6 nitrogen and oxygen atoms in total. The van der Waals surface area contributed by atoms with Gasteiger partial charge in [-0.25, -0.2) is 4.79 Å². The minimum atomic E-state index is -1.28. The van der Waals surface area contributed by atoms with Gasteiger partial charge in [0, 0.05) is 25.5 Å². The molecule has 106 valence electrons. The zero-order chi connectivity index (χ0) is 14.9. The number of aromatic carboxylic acids is 1. The van der Waals surface area contributed by atoms with Gasteiger partial charge in [0.05, 0.1) is 5.56 Å². The van der Waals surface area contributed by atoms with Gasteiger partial charge >= 0.3 is 5.97 Å². The summed E-state index contributed by atoms with van der Waals surface area (Å²) in [6.45, 7) is 0.345. The summed E-state index contributed by atoms with van der Waals surface area (Å²) in [5, 5.41) is 19.7. The van der Waals surface area contributed by atoms with Crippen molar-refractivity contribution in [2.45, 2.75) is 19.4 Å². The molecule has 1 aliphatic rings. The van der Waals surface area contributed by atoms with Crippen LogP contribution in [-0.2, 0) is 22.6 Å². The summed E-state index contributed by atoms with van der Waals surface area (Å²) >= 11 is 0. The molecule has 0 radical (unpaired) electrons. The largest absolute Gasteiger partial charge is 0.550 e. The summed E-state index contributed by atoms with van der Waals surface area (Å²) < 4.78 is 0. The number of amides is 1. The van der Waals surface area contributed by atoms with Gasteiger partial charge in [0.25, 0.3) is 0 Å². The summed E-state index contributed by atoms with van der Waals surface area (Å²) in [6.07, 6.45) is -0.145. The van der Waals surface area contributed by atoms with E-state index in [4.69, 9.17) is 5.11 Å². The highest BCUT2D eigenvalue weighted by Crippen LogP contribution is 2.25. The Kier molecular flexibility index (Phi) is 3.74. The van der Waals surface area contributed by atoms with Crippen molar-refractivity contribution in [3.05, 3.63) is 34.9 Å². The first-order valence-corrected chi connectivity index (χ1v) is 6.18. The Bertz CT molecular complexity index is 581. The van der Waals surface area contributed by atoms with E-state index in [0.717, 1.165) is 5.56 Å². The number of carbonyl (C=O) groups excluding carboxylic acids is 2. The van der Waals surface area contributed by atoms with Gasteiger partial charge < -0.3 is 19.9 Å². The summed E-state index contributed by atoms with van der Waals surface area (Å²) in [5.41, 5.74) is 1.67. The lowest BCUT2D eigenvalue weighted by molar-refractivity contribution is -0.306. The maximum atomic E-state index is 12.1. The summed E-state index contributed by atoms with van der Waals surface area (Å²) in [4.78, 5) is 35.3. The van der Waals surface area contributed by atoms with Gasteiger partial charge in [0.2, 0.25) is 5.91 Å². The van der Waals surface area contributed by atoms with E-state index in [1.165, 1.54) is 17.0 Å². The fraction of sp³-hybridized carbons (Fsp3) is 0.357. The molecule has 1 amide bonds. The summed E-state index contributed by atoms with van der Waals surface area (Å²) in [7, 11) is 1.60. The highest BCUT2D eigenvalue weighted by molar-refractivity contribution is 5.88. The van der Waals surface area contributed by atoms with Crippen molar-refractivity contribution in [2.75, 3.05) is 7.05 Å². The Labute approximate surface area is 115 Å². The highest BCUT2D eigenvalue weighted by Gasteiger charge is 2.28. The first-order chi connectivity index (χ1) is 9.38. The van der Waals surface area contributed by atoms with Crippen molar-refractivity contribution in [3.8, 4) is 0 Å². The maximum Gasteiger partial charge on any atom is 0.335 e. The van der Waals surface area contributed by atoms with Crippen LogP contribution < -0.4 is 5.11 Å². The molecule has 0 saturated carbocycles. The van der Waals surface area contributed by atoms with E-state index in [-0.39, 0.29) is 24.3 Å². The van der Waals surface area contributed by atoms with E-state index in [2.05, 4.69) is 0 Å². The number of carboxylic acid groups (broad SMARTS) is 2. The zero-order valence-electron chi connectivity index (χ0n) is 11.0. The maximum absolute atomic E-state index is 12.1. The molecule has 2 rings (SSSR count). The minimum absolute atomic E-state index is 0.132. The average molecular weight is 276 g/mol. The quantitative estimate of drug-likeness (QED) is 0.814. The van der Waals surface area contributed by atoms with Crippen molar-refractivity contribution in [1.29, 1.82) is 0 Å². The van der Waals surface area contributed by atoms with Crippen LogP contribution in [0.25, 0.3) is 0 Å². The lowest BCUT2D eigenvalue weighted by Gasteiger charge is -2.20. The highest BCUT2D eigenvalue weighted by atomic mass is 16.4. The number of benzene rings is 1. The molecular formula is C14H14NO5-. The third-order valence-electron chi connectivity index (χ3n) is 3.47. The number of aliphatic carboxylic acids is 1.